The van der Waals surface area contributed by atoms with Gasteiger partial charge in [-0.2, -0.15) is 10.2 Å². The maximum atomic E-state index is 12.6. The standard InChI is InChI=1S/C28H42N4O12/c1-5-41-25(33)21-19-23(27(35)42-6-2)31(29-21)9-8-10-32-24(28(36)43-7-3)20-22(30-32)26(34)44-18-17-40-16-15-39-14-13-38-12-11-37-4/h19-20H,5-18H2,1-4H3. The van der Waals surface area contributed by atoms with E-state index in [9.17, 15) is 19.2 Å². The fraction of sp³-hybridized carbons (Fsp3) is 0.643. The van der Waals surface area contributed by atoms with Gasteiger partial charge in [0.05, 0.1) is 66.1 Å². The fourth-order valence-corrected chi connectivity index (χ4v) is 3.64. The van der Waals surface area contributed by atoms with Crippen molar-refractivity contribution in [2.75, 3.05) is 79.8 Å². The van der Waals surface area contributed by atoms with Crippen LogP contribution in [-0.4, -0.2) is 123 Å². The summed E-state index contributed by atoms with van der Waals surface area (Å²) in [5.41, 5.74) is 0.00881. The van der Waals surface area contributed by atoms with Gasteiger partial charge in [-0.05, 0) is 27.2 Å². The molecule has 246 valence electrons. The number of carbonyl (C=O) groups is 4. The van der Waals surface area contributed by atoms with Gasteiger partial charge in [-0.25, -0.2) is 19.2 Å². The average Bonchev–Trinajstić information content (AvgIpc) is 3.63. The Morgan fingerprint density at radius 3 is 1.39 bits per heavy atom. The number of esters is 4. The molecule has 0 atom stereocenters. The number of aromatic nitrogens is 4. The van der Waals surface area contributed by atoms with Crippen molar-refractivity contribution in [2.24, 2.45) is 0 Å². The summed E-state index contributed by atoms with van der Waals surface area (Å²) in [5, 5.41) is 8.41. The number of ether oxygens (including phenoxy) is 8. The molecule has 0 saturated carbocycles. The van der Waals surface area contributed by atoms with Crippen LogP contribution in [0.4, 0.5) is 0 Å². The quantitative estimate of drug-likeness (QED) is 0.0985. The van der Waals surface area contributed by atoms with E-state index >= 15 is 0 Å². The summed E-state index contributed by atoms with van der Waals surface area (Å²) in [5.74, 6) is -2.72. The zero-order valence-corrected chi connectivity index (χ0v) is 25.7. The van der Waals surface area contributed by atoms with Gasteiger partial charge in [-0.1, -0.05) is 0 Å². The van der Waals surface area contributed by atoms with Crippen LogP contribution in [0.2, 0.25) is 0 Å². The van der Waals surface area contributed by atoms with Gasteiger partial charge < -0.3 is 37.9 Å². The number of rotatable bonds is 23. The van der Waals surface area contributed by atoms with Gasteiger partial charge in [0.2, 0.25) is 0 Å². The summed E-state index contributed by atoms with van der Waals surface area (Å²) in [6, 6.07) is 2.60. The van der Waals surface area contributed by atoms with Crippen molar-refractivity contribution in [3.05, 3.63) is 34.9 Å². The van der Waals surface area contributed by atoms with Crippen molar-refractivity contribution in [1.82, 2.24) is 19.6 Å². The topological polar surface area (TPSA) is 178 Å². The largest absolute Gasteiger partial charge is 0.461 e. The lowest BCUT2D eigenvalue weighted by Gasteiger charge is -2.09. The van der Waals surface area contributed by atoms with E-state index in [1.165, 1.54) is 21.5 Å². The van der Waals surface area contributed by atoms with Crippen LogP contribution < -0.4 is 0 Å². The molecule has 2 aromatic rings. The Morgan fingerprint density at radius 2 is 0.955 bits per heavy atom. The van der Waals surface area contributed by atoms with Gasteiger partial charge in [-0.3, -0.25) is 9.36 Å². The molecule has 0 fully saturated rings. The Balaban J connectivity index is 1.92. The van der Waals surface area contributed by atoms with E-state index in [-0.39, 0.29) is 68.9 Å². The van der Waals surface area contributed by atoms with Crippen molar-refractivity contribution in [2.45, 2.75) is 40.3 Å². The highest BCUT2D eigenvalue weighted by Gasteiger charge is 2.23. The number of methoxy groups -OCH3 is 1. The SMILES string of the molecule is CCOC(=O)c1cc(C(=O)OCC)n(CCCn2nc(C(=O)OCCOCCOCCOCCOC)cc2C(=O)OCC)n1. The van der Waals surface area contributed by atoms with E-state index in [1.807, 2.05) is 0 Å². The molecule has 2 aromatic heterocycles. The number of hydrogen-bond donors (Lipinski definition) is 0. The third kappa shape index (κ3) is 12.4. The molecule has 2 heterocycles. The first kappa shape index (κ1) is 36.3. The lowest BCUT2D eigenvalue weighted by molar-refractivity contribution is -0.00563. The number of nitrogens with zero attached hydrogens (tertiary/aromatic N) is 4. The van der Waals surface area contributed by atoms with Gasteiger partial charge in [0, 0.05) is 32.3 Å². The van der Waals surface area contributed by atoms with E-state index in [2.05, 4.69) is 10.2 Å². The minimum atomic E-state index is -0.738. The molecular weight excluding hydrogens is 584 g/mol. The third-order valence-electron chi connectivity index (χ3n) is 5.60. The molecular formula is C28H42N4O12. The Hall–Kier alpha value is -3.86. The summed E-state index contributed by atoms with van der Waals surface area (Å²) in [6.45, 7) is 8.40. The molecule has 2 rings (SSSR count). The Kier molecular flexibility index (Phi) is 17.3. The lowest BCUT2D eigenvalue weighted by Crippen LogP contribution is -2.17. The summed E-state index contributed by atoms with van der Waals surface area (Å²) in [4.78, 5) is 49.7. The van der Waals surface area contributed by atoms with Crippen molar-refractivity contribution in [1.29, 1.82) is 0 Å². The molecule has 0 amide bonds. The van der Waals surface area contributed by atoms with Crippen LogP contribution in [-0.2, 0) is 51.0 Å². The van der Waals surface area contributed by atoms with E-state index in [1.54, 1.807) is 27.9 Å². The van der Waals surface area contributed by atoms with Crippen molar-refractivity contribution >= 4 is 23.9 Å². The van der Waals surface area contributed by atoms with Crippen LogP contribution >= 0.6 is 0 Å². The first-order chi connectivity index (χ1) is 21.4. The van der Waals surface area contributed by atoms with Gasteiger partial charge in [0.15, 0.2) is 11.4 Å². The maximum absolute atomic E-state index is 12.6. The summed E-state index contributed by atoms with van der Waals surface area (Å²) in [6.07, 6.45) is 0.314. The molecule has 0 aliphatic rings. The van der Waals surface area contributed by atoms with E-state index in [4.69, 9.17) is 37.9 Å². The van der Waals surface area contributed by atoms with Gasteiger partial charge in [-0.15, -0.1) is 0 Å². The van der Waals surface area contributed by atoms with Crippen LogP contribution in [0.15, 0.2) is 12.1 Å². The van der Waals surface area contributed by atoms with Crippen molar-refractivity contribution < 1.29 is 57.1 Å². The number of aryl methyl sites for hydroxylation is 2. The molecule has 0 saturated heterocycles. The molecule has 0 spiro atoms. The second-order valence-corrected chi connectivity index (χ2v) is 8.76. The lowest BCUT2D eigenvalue weighted by atomic mass is 10.3. The maximum Gasteiger partial charge on any atom is 0.358 e. The average molecular weight is 627 g/mol. The van der Waals surface area contributed by atoms with Crippen LogP contribution in [0.25, 0.3) is 0 Å². The summed E-state index contributed by atoms with van der Waals surface area (Å²) in [7, 11) is 1.60. The zero-order valence-electron chi connectivity index (χ0n) is 25.7. The predicted molar refractivity (Wildman–Crippen MR) is 152 cm³/mol. The molecule has 0 bridgehead atoms. The predicted octanol–water partition coefficient (Wildman–Crippen LogP) is 1.55. The highest BCUT2D eigenvalue weighted by atomic mass is 16.6. The van der Waals surface area contributed by atoms with Gasteiger partial charge in [0.1, 0.15) is 18.0 Å². The molecule has 0 unspecified atom stereocenters. The number of carbonyl (C=O) groups excluding carboxylic acids is 4. The smallest absolute Gasteiger partial charge is 0.358 e. The first-order valence-corrected chi connectivity index (χ1v) is 14.4. The minimum absolute atomic E-state index is 0.0285. The molecule has 16 nitrogen and oxygen atoms in total. The molecule has 16 heteroatoms. The van der Waals surface area contributed by atoms with E-state index < -0.39 is 23.9 Å². The summed E-state index contributed by atoms with van der Waals surface area (Å²) >= 11 is 0. The Labute approximate surface area is 255 Å². The third-order valence-corrected chi connectivity index (χ3v) is 5.60. The van der Waals surface area contributed by atoms with Gasteiger partial charge >= 0.3 is 23.9 Å². The molecule has 0 aliphatic heterocycles. The van der Waals surface area contributed by atoms with Crippen molar-refractivity contribution in [3.8, 4) is 0 Å². The second-order valence-electron chi connectivity index (χ2n) is 8.76. The zero-order chi connectivity index (χ0) is 32.2. The van der Waals surface area contributed by atoms with Crippen LogP contribution in [0.5, 0.6) is 0 Å². The first-order valence-electron chi connectivity index (χ1n) is 14.4. The second kappa shape index (κ2) is 20.9. The molecule has 0 aliphatic carbocycles. The van der Waals surface area contributed by atoms with Crippen LogP contribution in [0, 0.1) is 0 Å². The van der Waals surface area contributed by atoms with E-state index in [0.717, 1.165) is 0 Å². The molecule has 0 radical (unpaired) electrons. The molecule has 0 aromatic carbocycles. The van der Waals surface area contributed by atoms with Crippen LogP contribution in [0.1, 0.15) is 69.1 Å². The van der Waals surface area contributed by atoms with Crippen LogP contribution in [0.3, 0.4) is 0 Å². The summed E-state index contributed by atoms with van der Waals surface area (Å²) < 4.78 is 44.0. The van der Waals surface area contributed by atoms with Gasteiger partial charge in [0.25, 0.3) is 0 Å². The van der Waals surface area contributed by atoms with E-state index in [0.29, 0.717) is 46.1 Å². The minimum Gasteiger partial charge on any atom is -0.461 e. The normalized spacial score (nSPS) is 10.9. The highest BCUT2D eigenvalue weighted by Crippen LogP contribution is 2.13. The molecule has 0 N–H and O–H groups in total. The Morgan fingerprint density at radius 1 is 0.568 bits per heavy atom. The Bertz CT molecular complexity index is 1180. The highest BCUT2D eigenvalue weighted by molar-refractivity contribution is 5.94. The monoisotopic (exact) mass is 626 g/mol. The van der Waals surface area contributed by atoms with Crippen molar-refractivity contribution in [3.63, 3.8) is 0 Å². The number of hydrogen-bond acceptors (Lipinski definition) is 14. The fourth-order valence-electron chi connectivity index (χ4n) is 3.64. The molecule has 44 heavy (non-hydrogen) atoms.